The predicted molar refractivity (Wildman–Crippen MR) is 74.3 cm³/mol. The zero-order valence-electron chi connectivity index (χ0n) is 11.8. The minimum atomic E-state index is 0.335. The van der Waals surface area contributed by atoms with Crippen LogP contribution in [0.3, 0.4) is 0 Å². The molecule has 0 aromatic rings. The van der Waals surface area contributed by atoms with Crippen molar-refractivity contribution in [2.45, 2.75) is 71.4 Å². The molecule has 0 aromatic carbocycles. The molecule has 17 heavy (non-hydrogen) atoms. The molecular weight excluding hydrogens is 210 g/mol. The smallest absolute Gasteiger partial charge is 0.0626 e. The Hall–Kier alpha value is -0.340. The molecule has 1 rings (SSSR count). The molecule has 0 saturated heterocycles. The van der Waals surface area contributed by atoms with Crippen molar-refractivity contribution in [3.05, 3.63) is 11.6 Å². The summed E-state index contributed by atoms with van der Waals surface area (Å²) in [6.07, 6.45) is 10.5. The van der Waals surface area contributed by atoms with Crippen LogP contribution in [0.25, 0.3) is 0 Å². The number of hydrogen-bond acceptors (Lipinski definition) is 2. The average Bonchev–Trinajstić information content (AvgIpc) is 2.34. The molecule has 0 aliphatic heterocycles. The molecule has 0 bridgehead atoms. The third-order valence-corrected chi connectivity index (χ3v) is 3.21. The standard InChI is InChI=1S/C15H29NO/c1-4-10-16-15(12-17-13(2)3)11-14-8-6-5-7-9-14/h8,13,15-16H,4-7,9-12H2,1-3H3. The number of ether oxygens (including phenoxy) is 1. The molecule has 100 valence electrons. The van der Waals surface area contributed by atoms with E-state index in [2.05, 4.69) is 32.2 Å². The maximum absolute atomic E-state index is 5.75. The van der Waals surface area contributed by atoms with Crippen molar-refractivity contribution in [1.82, 2.24) is 5.32 Å². The first-order valence-corrected chi connectivity index (χ1v) is 7.25. The van der Waals surface area contributed by atoms with E-state index < -0.39 is 0 Å². The van der Waals surface area contributed by atoms with Crippen molar-refractivity contribution in [2.75, 3.05) is 13.2 Å². The van der Waals surface area contributed by atoms with Crippen LogP contribution in [0.4, 0.5) is 0 Å². The Balaban J connectivity index is 2.35. The fourth-order valence-electron chi connectivity index (χ4n) is 2.25. The van der Waals surface area contributed by atoms with E-state index in [1.807, 2.05) is 0 Å². The van der Waals surface area contributed by atoms with Crippen LogP contribution >= 0.6 is 0 Å². The topological polar surface area (TPSA) is 21.3 Å². The molecule has 1 atom stereocenters. The Morgan fingerprint density at radius 1 is 1.35 bits per heavy atom. The molecule has 0 radical (unpaired) electrons. The van der Waals surface area contributed by atoms with Gasteiger partial charge in [-0.05, 0) is 58.9 Å². The first-order chi connectivity index (χ1) is 8.22. The van der Waals surface area contributed by atoms with Gasteiger partial charge in [0.2, 0.25) is 0 Å². The Bertz CT molecular complexity index is 223. The summed E-state index contributed by atoms with van der Waals surface area (Å²) in [5, 5.41) is 3.61. The second-order valence-electron chi connectivity index (χ2n) is 5.35. The lowest BCUT2D eigenvalue weighted by atomic mass is 9.94. The van der Waals surface area contributed by atoms with Gasteiger partial charge in [-0.3, -0.25) is 0 Å². The van der Waals surface area contributed by atoms with Crippen molar-refractivity contribution in [3.8, 4) is 0 Å². The number of allylic oxidation sites excluding steroid dienone is 1. The zero-order chi connectivity index (χ0) is 12.5. The second-order valence-corrected chi connectivity index (χ2v) is 5.35. The molecule has 1 aliphatic rings. The highest BCUT2D eigenvalue weighted by Crippen LogP contribution is 2.21. The number of rotatable bonds is 8. The van der Waals surface area contributed by atoms with Gasteiger partial charge < -0.3 is 10.1 Å². The lowest BCUT2D eigenvalue weighted by molar-refractivity contribution is 0.0611. The van der Waals surface area contributed by atoms with E-state index in [0.29, 0.717) is 12.1 Å². The fraction of sp³-hybridized carbons (Fsp3) is 0.867. The third kappa shape index (κ3) is 6.85. The number of nitrogens with one attached hydrogen (secondary N) is 1. The van der Waals surface area contributed by atoms with Gasteiger partial charge in [0.1, 0.15) is 0 Å². The Kier molecular flexibility index (Phi) is 7.54. The lowest BCUT2D eigenvalue weighted by Gasteiger charge is -2.23. The van der Waals surface area contributed by atoms with Crippen LogP contribution in [0.1, 0.15) is 59.3 Å². The van der Waals surface area contributed by atoms with Gasteiger partial charge in [-0.15, -0.1) is 0 Å². The van der Waals surface area contributed by atoms with E-state index in [-0.39, 0.29) is 0 Å². The summed E-state index contributed by atoms with van der Waals surface area (Å²) in [6, 6.07) is 0.502. The van der Waals surface area contributed by atoms with Crippen LogP contribution in [0.2, 0.25) is 0 Å². The van der Waals surface area contributed by atoms with E-state index in [4.69, 9.17) is 4.74 Å². The van der Waals surface area contributed by atoms with Crippen LogP contribution < -0.4 is 5.32 Å². The SMILES string of the molecule is CCCNC(COC(C)C)CC1=CCCCC1. The van der Waals surface area contributed by atoms with Crippen LogP contribution in [0.5, 0.6) is 0 Å². The highest BCUT2D eigenvalue weighted by Gasteiger charge is 2.13. The molecule has 2 heteroatoms. The quantitative estimate of drug-likeness (QED) is 0.653. The van der Waals surface area contributed by atoms with Gasteiger partial charge in [0.25, 0.3) is 0 Å². The van der Waals surface area contributed by atoms with Crippen molar-refractivity contribution < 1.29 is 4.74 Å². The highest BCUT2D eigenvalue weighted by atomic mass is 16.5. The fourth-order valence-corrected chi connectivity index (χ4v) is 2.25. The van der Waals surface area contributed by atoms with Crippen LogP contribution in [0.15, 0.2) is 11.6 Å². The van der Waals surface area contributed by atoms with Crippen LogP contribution in [-0.4, -0.2) is 25.3 Å². The van der Waals surface area contributed by atoms with Gasteiger partial charge in [-0.2, -0.15) is 0 Å². The normalized spacial score (nSPS) is 18.2. The molecule has 0 amide bonds. The summed E-state index contributed by atoms with van der Waals surface area (Å²) in [5.74, 6) is 0. The van der Waals surface area contributed by atoms with Gasteiger partial charge in [-0.25, -0.2) is 0 Å². The maximum Gasteiger partial charge on any atom is 0.0626 e. The van der Waals surface area contributed by atoms with Gasteiger partial charge in [0.05, 0.1) is 12.7 Å². The molecular formula is C15H29NO. The van der Waals surface area contributed by atoms with E-state index in [9.17, 15) is 0 Å². The molecule has 2 nitrogen and oxygen atoms in total. The average molecular weight is 239 g/mol. The largest absolute Gasteiger partial charge is 0.377 e. The van der Waals surface area contributed by atoms with Crippen molar-refractivity contribution in [1.29, 1.82) is 0 Å². The first-order valence-electron chi connectivity index (χ1n) is 7.25. The van der Waals surface area contributed by atoms with Crippen molar-refractivity contribution >= 4 is 0 Å². The third-order valence-electron chi connectivity index (χ3n) is 3.21. The van der Waals surface area contributed by atoms with Gasteiger partial charge >= 0.3 is 0 Å². The molecule has 1 aliphatic carbocycles. The van der Waals surface area contributed by atoms with E-state index in [1.54, 1.807) is 5.57 Å². The Morgan fingerprint density at radius 2 is 2.18 bits per heavy atom. The lowest BCUT2D eigenvalue weighted by Crippen LogP contribution is -2.35. The Labute approximate surface area is 107 Å². The van der Waals surface area contributed by atoms with Gasteiger partial charge in [0.15, 0.2) is 0 Å². The molecule has 0 fully saturated rings. The van der Waals surface area contributed by atoms with Crippen LogP contribution in [-0.2, 0) is 4.74 Å². The van der Waals surface area contributed by atoms with E-state index in [1.165, 1.54) is 38.5 Å². The van der Waals surface area contributed by atoms with Crippen LogP contribution in [0, 0.1) is 0 Å². The molecule has 0 aromatic heterocycles. The summed E-state index contributed by atoms with van der Waals surface area (Å²) >= 11 is 0. The summed E-state index contributed by atoms with van der Waals surface area (Å²) in [5.41, 5.74) is 1.64. The highest BCUT2D eigenvalue weighted by molar-refractivity contribution is 5.07. The predicted octanol–water partition coefficient (Wildman–Crippen LogP) is 3.67. The maximum atomic E-state index is 5.75. The minimum Gasteiger partial charge on any atom is -0.377 e. The monoisotopic (exact) mass is 239 g/mol. The second kappa shape index (κ2) is 8.71. The summed E-state index contributed by atoms with van der Waals surface area (Å²) in [6.45, 7) is 8.37. The minimum absolute atomic E-state index is 0.335. The molecule has 0 spiro atoms. The summed E-state index contributed by atoms with van der Waals surface area (Å²) in [7, 11) is 0. The zero-order valence-corrected chi connectivity index (χ0v) is 11.8. The first kappa shape index (κ1) is 14.7. The molecule has 1 N–H and O–H groups in total. The van der Waals surface area contributed by atoms with Crippen molar-refractivity contribution in [2.24, 2.45) is 0 Å². The van der Waals surface area contributed by atoms with E-state index >= 15 is 0 Å². The summed E-state index contributed by atoms with van der Waals surface area (Å²) in [4.78, 5) is 0. The van der Waals surface area contributed by atoms with Gasteiger partial charge in [0, 0.05) is 6.04 Å². The molecule has 1 unspecified atom stereocenters. The molecule has 0 saturated carbocycles. The van der Waals surface area contributed by atoms with E-state index in [0.717, 1.165) is 13.2 Å². The Morgan fingerprint density at radius 3 is 2.76 bits per heavy atom. The van der Waals surface area contributed by atoms with Crippen molar-refractivity contribution in [3.63, 3.8) is 0 Å². The molecule has 0 heterocycles. The van der Waals surface area contributed by atoms with Gasteiger partial charge in [-0.1, -0.05) is 18.6 Å². The number of hydrogen-bond donors (Lipinski definition) is 1. The summed E-state index contributed by atoms with van der Waals surface area (Å²) < 4.78 is 5.75.